The Bertz CT molecular complexity index is 1030. The maximum absolute atomic E-state index is 12.6. The first-order valence-electron chi connectivity index (χ1n) is 9.15. The highest BCUT2D eigenvalue weighted by Gasteiger charge is 2.29. The van der Waals surface area contributed by atoms with Crippen LogP contribution in [0, 0.1) is 0 Å². The van der Waals surface area contributed by atoms with Gasteiger partial charge in [-0.1, -0.05) is 36.4 Å². The summed E-state index contributed by atoms with van der Waals surface area (Å²) in [7, 11) is 0. The van der Waals surface area contributed by atoms with Crippen LogP contribution in [0.2, 0.25) is 0 Å². The van der Waals surface area contributed by atoms with E-state index in [1.807, 2.05) is 24.3 Å². The number of rotatable bonds is 6. The molecule has 3 aromatic carbocycles. The summed E-state index contributed by atoms with van der Waals surface area (Å²) in [5, 5.41) is 5.79. The molecule has 0 atom stereocenters. The van der Waals surface area contributed by atoms with Gasteiger partial charge in [-0.05, 0) is 53.6 Å². The van der Waals surface area contributed by atoms with Crippen molar-refractivity contribution in [3.05, 3.63) is 95.6 Å². The van der Waals surface area contributed by atoms with Crippen molar-refractivity contribution in [3.63, 3.8) is 0 Å². The van der Waals surface area contributed by atoms with Gasteiger partial charge in [0.05, 0.1) is 16.9 Å². The third-order valence-corrected chi connectivity index (χ3v) is 4.33. The average Bonchev–Trinajstić information content (AvgIpc) is 2.73. The molecule has 0 aliphatic carbocycles. The summed E-state index contributed by atoms with van der Waals surface area (Å²) in [6.45, 7) is 0.461. The monoisotopic (exact) mass is 411 g/mol. The highest BCUT2D eigenvalue weighted by molar-refractivity contribution is 6.03. The highest BCUT2D eigenvalue weighted by atomic mass is 19.4. The minimum atomic E-state index is -4.34. The number of anilines is 3. The number of alkyl halides is 3. The van der Waals surface area contributed by atoms with Crippen LogP contribution in [0.3, 0.4) is 0 Å². The first-order valence-corrected chi connectivity index (χ1v) is 9.15. The molecule has 154 valence electrons. The number of nitrogens with two attached hydrogens (primary N) is 1. The SMILES string of the molecule is Nc1ccccc1NC(=O)/C=C\c1ccc(CNc2ccc(C(F)(F)F)cc2)cc1. The summed E-state index contributed by atoms with van der Waals surface area (Å²) in [4.78, 5) is 12.0. The van der Waals surface area contributed by atoms with Gasteiger partial charge in [0.1, 0.15) is 0 Å². The van der Waals surface area contributed by atoms with E-state index in [-0.39, 0.29) is 5.91 Å². The summed E-state index contributed by atoms with van der Waals surface area (Å²) in [6, 6.07) is 19.4. The molecule has 0 spiro atoms. The van der Waals surface area contributed by atoms with Crippen LogP contribution >= 0.6 is 0 Å². The zero-order valence-electron chi connectivity index (χ0n) is 15.9. The van der Waals surface area contributed by atoms with E-state index in [0.29, 0.717) is 23.6 Å². The van der Waals surface area contributed by atoms with Crippen LogP contribution in [0.1, 0.15) is 16.7 Å². The second-order valence-electron chi connectivity index (χ2n) is 6.58. The van der Waals surface area contributed by atoms with E-state index >= 15 is 0 Å². The number of para-hydroxylation sites is 2. The van der Waals surface area contributed by atoms with Gasteiger partial charge in [-0.25, -0.2) is 0 Å². The third-order valence-electron chi connectivity index (χ3n) is 4.33. The number of amides is 1. The molecule has 0 bridgehead atoms. The van der Waals surface area contributed by atoms with Crippen LogP contribution in [0.4, 0.5) is 30.2 Å². The van der Waals surface area contributed by atoms with Crippen LogP contribution in [0.25, 0.3) is 6.08 Å². The lowest BCUT2D eigenvalue weighted by Crippen LogP contribution is -2.09. The summed E-state index contributed by atoms with van der Waals surface area (Å²) >= 11 is 0. The quantitative estimate of drug-likeness (QED) is 0.368. The Hall–Kier alpha value is -3.74. The second kappa shape index (κ2) is 9.17. The van der Waals surface area contributed by atoms with E-state index in [4.69, 9.17) is 5.73 Å². The van der Waals surface area contributed by atoms with Crippen LogP contribution in [0.15, 0.2) is 78.9 Å². The molecule has 0 aliphatic heterocycles. The lowest BCUT2D eigenvalue weighted by Gasteiger charge is -2.10. The first-order chi connectivity index (χ1) is 14.3. The van der Waals surface area contributed by atoms with Gasteiger partial charge in [-0.15, -0.1) is 0 Å². The van der Waals surface area contributed by atoms with E-state index in [1.165, 1.54) is 18.2 Å². The van der Waals surface area contributed by atoms with Crippen LogP contribution < -0.4 is 16.4 Å². The molecular formula is C23H20F3N3O. The summed E-state index contributed by atoms with van der Waals surface area (Å²) in [5.74, 6) is -0.291. The fourth-order valence-electron chi connectivity index (χ4n) is 2.68. The van der Waals surface area contributed by atoms with Gasteiger partial charge in [-0.2, -0.15) is 13.2 Å². The van der Waals surface area contributed by atoms with Crippen molar-refractivity contribution in [2.45, 2.75) is 12.7 Å². The van der Waals surface area contributed by atoms with Crippen LogP contribution in [0.5, 0.6) is 0 Å². The molecule has 4 nitrogen and oxygen atoms in total. The molecule has 0 aliphatic rings. The van der Waals surface area contributed by atoms with E-state index in [0.717, 1.165) is 23.3 Å². The van der Waals surface area contributed by atoms with Gasteiger partial charge in [0.15, 0.2) is 0 Å². The zero-order chi connectivity index (χ0) is 21.6. The molecule has 0 unspecified atom stereocenters. The van der Waals surface area contributed by atoms with E-state index in [2.05, 4.69) is 10.6 Å². The summed E-state index contributed by atoms with van der Waals surface area (Å²) in [5.41, 5.74) is 8.55. The molecule has 30 heavy (non-hydrogen) atoms. The maximum atomic E-state index is 12.6. The minimum absolute atomic E-state index is 0.291. The Morgan fingerprint density at radius 1 is 0.933 bits per heavy atom. The molecule has 4 N–H and O–H groups in total. The molecule has 1 amide bonds. The van der Waals surface area contributed by atoms with E-state index in [1.54, 1.807) is 30.3 Å². The van der Waals surface area contributed by atoms with Crippen molar-refractivity contribution in [1.29, 1.82) is 0 Å². The predicted molar refractivity (Wildman–Crippen MR) is 114 cm³/mol. The number of nitrogen functional groups attached to an aromatic ring is 1. The van der Waals surface area contributed by atoms with Crippen LogP contribution in [-0.4, -0.2) is 5.91 Å². The summed E-state index contributed by atoms with van der Waals surface area (Å²) < 4.78 is 37.8. The number of benzene rings is 3. The molecule has 3 aromatic rings. The number of hydrogen-bond donors (Lipinski definition) is 3. The second-order valence-corrected chi connectivity index (χ2v) is 6.58. The number of carbonyl (C=O) groups excluding carboxylic acids is 1. The van der Waals surface area contributed by atoms with Gasteiger partial charge in [0.25, 0.3) is 0 Å². The molecule has 0 aromatic heterocycles. The van der Waals surface area contributed by atoms with Crippen molar-refractivity contribution in [1.82, 2.24) is 0 Å². The smallest absolute Gasteiger partial charge is 0.397 e. The lowest BCUT2D eigenvalue weighted by atomic mass is 10.1. The van der Waals surface area contributed by atoms with Gasteiger partial charge in [0, 0.05) is 18.3 Å². The Balaban J connectivity index is 1.52. The highest BCUT2D eigenvalue weighted by Crippen LogP contribution is 2.29. The molecule has 7 heteroatoms. The maximum Gasteiger partial charge on any atom is 0.416 e. The summed E-state index contributed by atoms with van der Waals surface area (Å²) in [6.07, 6.45) is -1.24. The fraction of sp³-hybridized carbons (Fsp3) is 0.0870. The molecule has 0 heterocycles. The molecule has 3 rings (SSSR count). The average molecular weight is 411 g/mol. The number of halogens is 3. The van der Waals surface area contributed by atoms with Crippen molar-refractivity contribution in [2.24, 2.45) is 0 Å². The minimum Gasteiger partial charge on any atom is -0.397 e. The number of nitrogens with one attached hydrogen (secondary N) is 2. The normalized spacial score (nSPS) is 11.4. The standard InChI is InChI=1S/C23H20F3N3O/c24-23(25,26)18-10-12-19(13-11-18)28-15-17-7-5-16(6-8-17)9-14-22(30)29-21-4-2-1-3-20(21)27/h1-14,28H,15,27H2,(H,29,30)/b14-9-. The first kappa shape index (κ1) is 21.0. The van der Waals surface area contributed by atoms with Crippen LogP contribution in [-0.2, 0) is 17.5 Å². The third kappa shape index (κ3) is 5.88. The number of carbonyl (C=O) groups is 1. The van der Waals surface area contributed by atoms with Gasteiger partial charge in [-0.3, -0.25) is 4.79 Å². The van der Waals surface area contributed by atoms with Crippen molar-refractivity contribution in [3.8, 4) is 0 Å². The largest absolute Gasteiger partial charge is 0.416 e. The Labute approximate surface area is 172 Å². The van der Waals surface area contributed by atoms with Gasteiger partial charge >= 0.3 is 6.18 Å². The predicted octanol–water partition coefficient (Wildman–Crippen LogP) is 5.55. The molecule has 0 radical (unpaired) electrons. The van der Waals surface area contributed by atoms with Crippen molar-refractivity contribution >= 4 is 29.0 Å². The van der Waals surface area contributed by atoms with Crippen molar-refractivity contribution < 1.29 is 18.0 Å². The Morgan fingerprint density at radius 2 is 1.60 bits per heavy atom. The topological polar surface area (TPSA) is 67.1 Å². The Morgan fingerprint density at radius 3 is 2.23 bits per heavy atom. The molecule has 0 saturated heterocycles. The van der Waals surface area contributed by atoms with Gasteiger partial charge < -0.3 is 16.4 Å². The lowest BCUT2D eigenvalue weighted by molar-refractivity contribution is -0.137. The Kier molecular flexibility index (Phi) is 6.41. The molecular weight excluding hydrogens is 391 g/mol. The van der Waals surface area contributed by atoms with E-state index < -0.39 is 11.7 Å². The van der Waals surface area contributed by atoms with Crippen molar-refractivity contribution in [2.75, 3.05) is 16.4 Å². The van der Waals surface area contributed by atoms with Gasteiger partial charge in [0.2, 0.25) is 5.91 Å². The fourth-order valence-corrected chi connectivity index (χ4v) is 2.68. The molecule has 0 saturated carbocycles. The number of hydrogen-bond acceptors (Lipinski definition) is 3. The van der Waals surface area contributed by atoms with E-state index in [9.17, 15) is 18.0 Å². The molecule has 0 fully saturated rings. The zero-order valence-corrected chi connectivity index (χ0v) is 15.9.